The number of methoxy groups -OCH3 is 1. The van der Waals surface area contributed by atoms with E-state index in [1.54, 1.807) is 21.0 Å². The van der Waals surface area contributed by atoms with Crippen molar-refractivity contribution in [2.75, 3.05) is 7.11 Å². The summed E-state index contributed by atoms with van der Waals surface area (Å²) in [7, 11) is 1.62. The van der Waals surface area contributed by atoms with Crippen molar-refractivity contribution in [3.63, 3.8) is 0 Å². The molecule has 0 fully saturated rings. The molecule has 0 bridgehead atoms. The van der Waals surface area contributed by atoms with E-state index < -0.39 is 0 Å². The Morgan fingerprint density at radius 1 is 0.964 bits per heavy atom. The zero-order chi connectivity index (χ0) is 20.3. The third-order valence-electron chi connectivity index (χ3n) is 4.87. The highest BCUT2D eigenvalue weighted by Crippen LogP contribution is 2.26. The number of carbonyl (C=O) groups excluding carboxylic acids is 2. The average Bonchev–Trinajstić information content (AvgIpc) is 3.01. The standard InChI is InChI=1S/C23H24N2O3/c1-14-20(16(3)26)15(2)24-21(14)23(27)25-22(17-8-6-5-7-9-17)18-10-12-19(28-4)13-11-18/h5-13,22,24H,1-4H3,(H,25,27)/t22-/m1/s1. The molecule has 0 spiro atoms. The molecule has 0 saturated carbocycles. The summed E-state index contributed by atoms with van der Waals surface area (Å²) in [4.78, 5) is 28.0. The third-order valence-corrected chi connectivity index (χ3v) is 4.87. The van der Waals surface area contributed by atoms with Crippen molar-refractivity contribution in [1.82, 2.24) is 10.3 Å². The predicted molar refractivity (Wildman–Crippen MR) is 109 cm³/mol. The Hall–Kier alpha value is -3.34. The van der Waals surface area contributed by atoms with Crippen LogP contribution in [0.1, 0.15) is 56.2 Å². The van der Waals surface area contributed by atoms with E-state index in [-0.39, 0.29) is 17.7 Å². The number of nitrogens with one attached hydrogen (secondary N) is 2. The van der Waals surface area contributed by atoms with Gasteiger partial charge in [-0.1, -0.05) is 42.5 Å². The first kappa shape index (κ1) is 19.4. The van der Waals surface area contributed by atoms with Gasteiger partial charge in [-0.25, -0.2) is 0 Å². The summed E-state index contributed by atoms with van der Waals surface area (Å²) in [6, 6.07) is 17.1. The fourth-order valence-corrected chi connectivity index (χ4v) is 3.51. The van der Waals surface area contributed by atoms with E-state index in [2.05, 4.69) is 10.3 Å². The molecule has 5 heteroatoms. The first-order chi connectivity index (χ1) is 13.4. The molecule has 1 atom stereocenters. The number of hydrogen-bond acceptors (Lipinski definition) is 3. The fraction of sp³-hybridized carbons (Fsp3) is 0.217. The molecule has 144 valence electrons. The second-order valence-electron chi connectivity index (χ2n) is 6.77. The number of aromatic amines is 1. The maximum absolute atomic E-state index is 13.1. The number of carbonyl (C=O) groups is 2. The van der Waals surface area contributed by atoms with Gasteiger partial charge >= 0.3 is 0 Å². The molecule has 1 amide bonds. The van der Waals surface area contributed by atoms with Gasteiger partial charge in [0.25, 0.3) is 5.91 Å². The number of Topliss-reactive ketones (excluding diaryl/α,β-unsaturated/α-hetero) is 1. The molecule has 1 aromatic heterocycles. The van der Waals surface area contributed by atoms with E-state index in [4.69, 9.17) is 4.74 Å². The lowest BCUT2D eigenvalue weighted by atomic mass is 9.98. The summed E-state index contributed by atoms with van der Waals surface area (Å²) in [5, 5.41) is 3.10. The molecule has 0 aliphatic rings. The summed E-state index contributed by atoms with van der Waals surface area (Å²) < 4.78 is 5.23. The van der Waals surface area contributed by atoms with Crippen LogP contribution in [0.2, 0.25) is 0 Å². The number of ether oxygens (including phenoxy) is 1. The van der Waals surface area contributed by atoms with Crippen molar-refractivity contribution in [1.29, 1.82) is 0 Å². The van der Waals surface area contributed by atoms with Crippen LogP contribution in [0.15, 0.2) is 54.6 Å². The molecule has 3 aromatic rings. The molecule has 5 nitrogen and oxygen atoms in total. The number of rotatable bonds is 6. The lowest BCUT2D eigenvalue weighted by molar-refractivity contribution is 0.0937. The summed E-state index contributed by atoms with van der Waals surface area (Å²) in [6.07, 6.45) is 0. The van der Waals surface area contributed by atoms with Gasteiger partial charge in [-0.15, -0.1) is 0 Å². The van der Waals surface area contributed by atoms with Crippen LogP contribution in [-0.2, 0) is 0 Å². The molecular formula is C23H24N2O3. The van der Waals surface area contributed by atoms with Crippen LogP contribution >= 0.6 is 0 Å². The highest BCUT2D eigenvalue weighted by Gasteiger charge is 2.23. The monoisotopic (exact) mass is 376 g/mol. The summed E-state index contributed by atoms with van der Waals surface area (Å²) in [5.74, 6) is 0.446. The van der Waals surface area contributed by atoms with Crippen LogP contribution in [0.5, 0.6) is 5.75 Å². The minimum atomic E-state index is -0.330. The quantitative estimate of drug-likeness (QED) is 0.628. The van der Waals surface area contributed by atoms with Crippen molar-refractivity contribution in [3.8, 4) is 5.75 Å². The van der Waals surface area contributed by atoms with Crippen molar-refractivity contribution in [2.45, 2.75) is 26.8 Å². The molecule has 1 heterocycles. The Balaban J connectivity index is 1.97. The van der Waals surface area contributed by atoms with Crippen LogP contribution in [-0.4, -0.2) is 23.8 Å². The summed E-state index contributed by atoms with van der Waals surface area (Å²) >= 11 is 0. The second-order valence-corrected chi connectivity index (χ2v) is 6.77. The Morgan fingerprint density at radius 2 is 1.57 bits per heavy atom. The van der Waals surface area contributed by atoms with Crippen LogP contribution < -0.4 is 10.1 Å². The van der Waals surface area contributed by atoms with E-state index >= 15 is 0 Å². The summed E-state index contributed by atoms with van der Waals surface area (Å²) in [6.45, 7) is 5.10. The van der Waals surface area contributed by atoms with Crippen LogP contribution in [0.25, 0.3) is 0 Å². The number of H-pyrrole nitrogens is 1. The van der Waals surface area contributed by atoms with Crippen LogP contribution in [0.4, 0.5) is 0 Å². The van der Waals surface area contributed by atoms with Gasteiger partial charge in [-0.3, -0.25) is 9.59 Å². The number of amides is 1. The number of hydrogen-bond donors (Lipinski definition) is 2. The molecule has 3 rings (SSSR count). The Labute approximate surface area is 164 Å². The Bertz CT molecular complexity index is 989. The highest BCUT2D eigenvalue weighted by atomic mass is 16.5. The predicted octanol–water partition coefficient (Wildman–Crippen LogP) is 4.36. The zero-order valence-electron chi connectivity index (χ0n) is 16.5. The smallest absolute Gasteiger partial charge is 0.268 e. The van der Waals surface area contributed by atoms with Gasteiger partial charge in [0, 0.05) is 11.3 Å². The van der Waals surface area contributed by atoms with E-state index in [0.717, 1.165) is 16.9 Å². The van der Waals surface area contributed by atoms with Gasteiger partial charge in [0.1, 0.15) is 11.4 Å². The zero-order valence-corrected chi connectivity index (χ0v) is 16.5. The van der Waals surface area contributed by atoms with Crippen molar-refractivity contribution in [3.05, 3.63) is 88.2 Å². The molecule has 2 aromatic carbocycles. The number of aromatic nitrogens is 1. The molecule has 0 aliphatic carbocycles. The van der Waals surface area contributed by atoms with E-state index in [1.807, 2.05) is 54.6 Å². The van der Waals surface area contributed by atoms with E-state index in [9.17, 15) is 9.59 Å². The molecule has 2 N–H and O–H groups in total. The molecule has 28 heavy (non-hydrogen) atoms. The normalized spacial score (nSPS) is 11.7. The molecular weight excluding hydrogens is 352 g/mol. The second kappa shape index (κ2) is 8.13. The van der Waals surface area contributed by atoms with Gasteiger partial charge in [-0.05, 0) is 49.6 Å². The number of ketones is 1. The van der Waals surface area contributed by atoms with Crippen molar-refractivity contribution in [2.24, 2.45) is 0 Å². The van der Waals surface area contributed by atoms with E-state index in [1.165, 1.54) is 6.92 Å². The molecule has 0 radical (unpaired) electrons. The lowest BCUT2D eigenvalue weighted by Crippen LogP contribution is -2.30. The van der Waals surface area contributed by atoms with E-state index in [0.29, 0.717) is 22.5 Å². The topological polar surface area (TPSA) is 71.2 Å². The van der Waals surface area contributed by atoms with Crippen LogP contribution in [0, 0.1) is 13.8 Å². The van der Waals surface area contributed by atoms with Gasteiger partial charge in [0.2, 0.25) is 0 Å². The lowest BCUT2D eigenvalue weighted by Gasteiger charge is -2.20. The molecule has 0 aliphatic heterocycles. The molecule has 0 saturated heterocycles. The number of benzene rings is 2. The average molecular weight is 376 g/mol. The first-order valence-electron chi connectivity index (χ1n) is 9.12. The largest absolute Gasteiger partial charge is 0.497 e. The highest BCUT2D eigenvalue weighted by molar-refractivity contribution is 6.02. The number of aryl methyl sites for hydroxylation is 1. The Morgan fingerprint density at radius 3 is 2.11 bits per heavy atom. The molecule has 0 unspecified atom stereocenters. The van der Waals surface area contributed by atoms with Crippen molar-refractivity contribution < 1.29 is 14.3 Å². The van der Waals surface area contributed by atoms with Gasteiger partial charge in [0.05, 0.1) is 13.2 Å². The van der Waals surface area contributed by atoms with Crippen molar-refractivity contribution >= 4 is 11.7 Å². The fourth-order valence-electron chi connectivity index (χ4n) is 3.51. The van der Waals surface area contributed by atoms with Gasteiger partial charge in [0.15, 0.2) is 5.78 Å². The minimum absolute atomic E-state index is 0.0555. The SMILES string of the molecule is COc1ccc([C@H](NC(=O)c2[nH]c(C)c(C(C)=O)c2C)c2ccccc2)cc1. The maximum atomic E-state index is 13.1. The maximum Gasteiger partial charge on any atom is 0.268 e. The third kappa shape index (κ3) is 3.83. The summed E-state index contributed by atoms with van der Waals surface area (Å²) in [5.41, 5.74) is 4.27. The minimum Gasteiger partial charge on any atom is -0.497 e. The first-order valence-corrected chi connectivity index (χ1v) is 9.12. The van der Waals surface area contributed by atoms with Gasteiger partial charge in [-0.2, -0.15) is 0 Å². The Kier molecular flexibility index (Phi) is 5.64. The van der Waals surface area contributed by atoms with Crippen LogP contribution in [0.3, 0.4) is 0 Å². The van der Waals surface area contributed by atoms with Gasteiger partial charge < -0.3 is 15.0 Å².